The van der Waals surface area contributed by atoms with Gasteiger partial charge in [0.05, 0.1) is 0 Å². The summed E-state index contributed by atoms with van der Waals surface area (Å²) in [6, 6.07) is 10.9. The van der Waals surface area contributed by atoms with Gasteiger partial charge in [-0.05, 0) is 30.3 Å². The molecule has 0 aliphatic carbocycles. The first-order valence-electron chi connectivity index (χ1n) is 6.95. The van der Waals surface area contributed by atoms with Crippen LogP contribution in [0.3, 0.4) is 0 Å². The Kier molecular flexibility index (Phi) is 5.11. The van der Waals surface area contributed by atoms with Crippen LogP contribution in [-0.4, -0.2) is 9.97 Å². The molecule has 1 N–H and O–H groups in total. The smallest absolute Gasteiger partial charge is 0.123 e. The van der Waals surface area contributed by atoms with Gasteiger partial charge in [0.1, 0.15) is 18.2 Å². The first kappa shape index (κ1) is 16.2. The minimum Gasteiger partial charge on any atom is -0.489 e. The molecular formula is C17H13Cl3N2O. The van der Waals surface area contributed by atoms with Gasteiger partial charge in [-0.2, -0.15) is 0 Å². The summed E-state index contributed by atoms with van der Waals surface area (Å²) in [4.78, 5) is 7.31. The van der Waals surface area contributed by atoms with E-state index in [-0.39, 0.29) is 0 Å². The molecule has 0 unspecified atom stereocenters. The van der Waals surface area contributed by atoms with E-state index in [0.717, 1.165) is 22.7 Å². The maximum Gasteiger partial charge on any atom is 0.123 e. The molecule has 0 aliphatic heterocycles. The minimum absolute atomic E-state index is 0.350. The molecule has 0 bridgehead atoms. The number of aromatic nitrogens is 2. The third kappa shape index (κ3) is 4.20. The number of halogens is 3. The molecule has 2 aromatic carbocycles. The third-order valence-corrected chi connectivity index (χ3v) is 4.16. The van der Waals surface area contributed by atoms with Crippen molar-refractivity contribution in [2.24, 2.45) is 0 Å². The average molecular weight is 368 g/mol. The van der Waals surface area contributed by atoms with Crippen LogP contribution >= 0.6 is 34.8 Å². The second kappa shape index (κ2) is 7.26. The quantitative estimate of drug-likeness (QED) is 0.643. The topological polar surface area (TPSA) is 37.9 Å². The average Bonchev–Trinajstić information content (AvgIpc) is 3.01. The van der Waals surface area contributed by atoms with Crippen LogP contribution in [-0.2, 0) is 13.0 Å². The highest BCUT2D eigenvalue weighted by molar-refractivity contribution is 6.35. The van der Waals surface area contributed by atoms with Crippen molar-refractivity contribution in [1.29, 1.82) is 0 Å². The molecular weight excluding hydrogens is 355 g/mol. The van der Waals surface area contributed by atoms with E-state index in [9.17, 15) is 0 Å². The van der Waals surface area contributed by atoms with Gasteiger partial charge >= 0.3 is 0 Å². The largest absolute Gasteiger partial charge is 0.489 e. The third-order valence-electron chi connectivity index (χ3n) is 3.33. The number of hydrogen-bond acceptors (Lipinski definition) is 2. The Morgan fingerprint density at radius 1 is 0.957 bits per heavy atom. The molecule has 6 heteroatoms. The van der Waals surface area contributed by atoms with Crippen LogP contribution in [0, 0.1) is 0 Å². The fraction of sp³-hybridized carbons (Fsp3) is 0.118. The summed E-state index contributed by atoms with van der Waals surface area (Å²) < 4.78 is 5.92. The van der Waals surface area contributed by atoms with Crippen molar-refractivity contribution in [2.45, 2.75) is 13.0 Å². The zero-order valence-electron chi connectivity index (χ0n) is 12.0. The van der Waals surface area contributed by atoms with E-state index in [1.807, 2.05) is 18.2 Å². The normalized spacial score (nSPS) is 10.7. The number of hydrogen-bond donors (Lipinski definition) is 1. The molecule has 0 atom stereocenters. The van der Waals surface area contributed by atoms with Gasteiger partial charge in [-0.1, -0.05) is 40.9 Å². The van der Waals surface area contributed by atoms with Gasteiger partial charge in [0.2, 0.25) is 0 Å². The van der Waals surface area contributed by atoms with Crippen molar-refractivity contribution in [2.75, 3.05) is 0 Å². The summed E-state index contributed by atoms with van der Waals surface area (Å²) in [5, 5.41) is 1.84. The van der Waals surface area contributed by atoms with Gasteiger partial charge in [-0.15, -0.1) is 0 Å². The van der Waals surface area contributed by atoms with Crippen LogP contribution in [0.2, 0.25) is 15.1 Å². The molecule has 0 amide bonds. The van der Waals surface area contributed by atoms with Crippen molar-refractivity contribution >= 4 is 34.8 Å². The van der Waals surface area contributed by atoms with Gasteiger partial charge in [-0.3, -0.25) is 0 Å². The van der Waals surface area contributed by atoms with Crippen LogP contribution < -0.4 is 4.74 Å². The highest BCUT2D eigenvalue weighted by atomic mass is 35.5. The van der Waals surface area contributed by atoms with Crippen molar-refractivity contribution in [3.63, 3.8) is 0 Å². The monoisotopic (exact) mass is 366 g/mol. The predicted octanol–water partition coefficient (Wildman–Crippen LogP) is 5.54. The Morgan fingerprint density at radius 3 is 2.48 bits per heavy atom. The standard InChI is InChI=1S/C17H13Cl3N2O/c18-13-3-4-16(12(7-13)8-17-21-5-6-22-17)23-10-11-1-2-14(19)9-15(11)20/h1-7,9H,8,10H2,(H,21,22). The van der Waals surface area contributed by atoms with Gasteiger partial charge in [0.15, 0.2) is 0 Å². The summed E-state index contributed by atoms with van der Waals surface area (Å²) in [7, 11) is 0. The van der Waals surface area contributed by atoms with Gasteiger partial charge in [-0.25, -0.2) is 4.98 Å². The van der Waals surface area contributed by atoms with E-state index in [2.05, 4.69) is 9.97 Å². The van der Waals surface area contributed by atoms with Crippen LogP contribution in [0.5, 0.6) is 5.75 Å². The summed E-state index contributed by atoms with van der Waals surface area (Å²) in [6.45, 7) is 0.350. The number of ether oxygens (including phenoxy) is 1. The van der Waals surface area contributed by atoms with E-state index in [1.165, 1.54) is 0 Å². The van der Waals surface area contributed by atoms with Crippen LogP contribution in [0.4, 0.5) is 0 Å². The first-order valence-corrected chi connectivity index (χ1v) is 8.08. The zero-order chi connectivity index (χ0) is 16.2. The first-order chi connectivity index (χ1) is 11.1. The molecule has 0 radical (unpaired) electrons. The number of aromatic amines is 1. The highest BCUT2D eigenvalue weighted by Crippen LogP contribution is 2.27. The van der Waals surface area contributed by atoms with E-state index >= 15 is 0 Å². The number of imidazole rings is 1. The lowest BCUT2D eigenvalue weighted by Crippen LogP contribution is -2.01. The summed E-state index contributed by atoms with van der Waals surface area (Å²) >= 11 is 18.2. The van der Waals surface area contributed by atoms with Gasteiger partial charge in [0, 0.05) is 45.0 Å². The summed E-state index contributed by atoms with van der Waals surface area (Å²) in [5.41, 5.74) is 1.83. The molecule has 118 valence electrons. The molecule has 3 aromatic rings. The number of H-pyrrole nitrogens is 1. The van der Waals surface area contributed by atoms with E-state index in [4.69, 9.17) is 39.5 Å². The minimum atomic E-state index is 0.350. The Bertz CT molecular complexity index is 804. The molecule has 0 fully saturated rings. The van der Waals surface area contributed by atoms with Gasteiger partial charge in [0.25, 0.3) is 0 Å². The number of benzene rings is 2. The Hall–Kier alpha value is -1.68. The van der Waals surface area contributed by atoms with Crippen molar-refractivity contribution in [3.8, 4) is 5.75 Å². The SMILES string of the molecule is Clc1ccc(COc2ccc(Cl)cc2Cc2ncc[nH]2)c(Cl)c1. The second-order valence-electron chi connectivity index (χ2n) is 4.99. The maximum atomic E-state index is 6.18. The van der Waals surface area contributed by atoms with Crippen LogP contribution in [0.25, 0.3) is 0 Å². The second-order valence-corrected chi connectivity index (χ2v) is 6.27. The lowest BCUT2D eigenvalue weighted by molar-refractivity contribution is 0.303. The maximum absolute atomic E-state index is 6.18. The van der Waals surface area contributed by atoms with Gasteiger partial charge < -0.3 is 9.72 Å². The molecule has 3 nitrogen and oxygen atoms in total. The predicted molar refractivity (Wildman–Crippen MR) is 93.6 cm³/mol. The van der Waals surface area contributed by atoms with E-state index in [1.54, 1.807) is 30.6 Å². The van der Waals surface area contributed by atoms with Crippen molar-refractivity contribution < 1.29 is 4.74 Å². The van der Waals surface area contributed by atoms with Crippen molar-refractivity contribution in [3.05, 3.63) is 80.8 Å². The number of nitrogens with one attached hydrogen (secondary N) is 1. The van der Waals surface area contributed by atoms with Crippen LogP contribution in [0.15, 0.2) is 48.8 Å². The number of nitrogens with zero attached hydrogens (tertiary/aromatic N) is 1. The molecule has 0 spiro atoms. The molecule has 0 saturated carbocycles. The van der Waals surface area contributed by atoms with E-state index in [0.29, 0.717) is 28.1 Å². The van der Waals surface area contributed by atoms with Crippen molar-refractivity contribution in [1.82, 2.24) is 9.97 Å². The molecule has 23 heavy (non-hydrogen) atoms. The Morgan fingerprint density at radius 2 is 1.74 bits per heavy atom. The Balaban J connectivity index is 1.79. The fourth-order valence-electron chi connectivity index (χ4n) is 2.20. The number of rotatable bonds is 5. The molecule has 1 aromatic heterocycles. The molecule has 1 heterocycles. The fourth-order valence-corrected chi connectivity index (χ4v) is 2.85. The summed E-state index contributed by atoms with van der Waals surface area (Å²) in [6.07, 6.45) is 4.11. The molecule has 0 aliphatic rings. The van der Waals surface area contributed by atoms with Crippen LogP contribution in [0.1, 0.15) is 17.0 Å². The lowest BCUT2D eigenvalue weighted by Gasteiger charge is -2.12. The lowest BCUT2D eigenvalue weighted by atomic mass is 10.1. The summed E-state index contributed by atoms with van der Waals surface area (Å²) in [5.74, 6) is 1.60. The Labute approximate surface area is 149 Å². The highest BCUT2D eigenvalue weighted by Gasteiger charge is 2.09. The van der Waals surface area contributed by atoms with E-state index < -0.39 is 0 Å². The zero-order valence-corrected chi connectivity index (χ0v) is 14.3. The molecule has 0 saturated heterocycles. The molecule has 3 rings (SSSR count).